The van der Waals surface area contributed by atoms with Crippen LogP contribution in [0.4, 0.5) is 0 Å². The van der Waals surface area contributed by atoms with Crippen molar-refractivity contribution in [2.24, 2.45) is 0 Å². The predicted octanol–water partition coefficient (Wildman–Crippen LogP) is 4.93. The van der Waals surface area contributed by atoms with Crippen molar-refractivity contribution < 1.29 is 0 Å². The molecule has 0 N–H and O–H groups in total. The minimum Gasteiger partial charge on any atom is -0.299 e. The van der Waals surface area contributed by atoms with E-state index in [-0.39, 0.29) is 6.04 Å². The lowest BCUT2D eigenvalue weighted by atomic mass is 10.0. The van der Waals surface area contributed by atoms with Gasteiger partial charge in [-0.15, -0.1) is 5.10 Å². The normalized spacial score (nSPS) is 18.8. The first-order chi connectivity index (χ1) is 19.8. The number of piperidine rings is 1. The van der Waals surface area contributed by atoms with Crippen LogP contribution in [0, 0.1) is 0 Å². The third-order valence-electron chi connectivity index (χ3n) is 8.28. The molecule has 7 heteroatoms. The van der Waals surface area contributed by atoms with Crippen LogP contribution < -0.4 is 0 Å². The SMILES string of the molecule is C(=Cc1ccccc1)CN1CCN(C(c2ccccc2)c2nnnn2C2CCN(Cc3ccccc3)CC2)CC1. The second-order valence-electron chi connectivity index (χ2n) is 10.9. The number of piperazine rings is 1. The smallest absolute Gasteiger partial charge is 0.173 e. The van der Waals surface area contributed by atoms with Crippen molar-refractivity contribution in [3.05, 3.63) is 120 Å². The fraction of sp³-hybridized carbons (Fsp3) is 0.364. The molecule has 2 aliphatic rings. The molecule has 0 radical (unpaired) electrons. The van der Waals surface area contributed by atoms with Crippen LogP contribution in [0.15, 0.2) is 97.1 Å². The molecule has 206 valence electrons. The van der Waals surface area contributed by atoms with E-state index in [2.05, 4.69) is 138 Å². The molecular formula is C33H39N7. The molecule has 3 heterocycles. The number of benzene rings is 3. The van der Waals surface area contributed by atoms with Crippen LogP contribution in [-0.4, -0.2) is 80.7 Å². The van der Waals surface area contributed by atoms with E-state index in [0.29, 0.717) is 6.04 Å². The number of rotatable bonds is 9. The highest BCUT2D eigenvalue weighted by Crippen LogP contribution is 2.32. The molecule has 0 spiro atoms. The molecule has 0 bridgehead atoms. The fourth-order valence-electron chi connectivity index (χ4n) is 6.07. The maximum atomic E-state index is 4.65. The summed E-state index contributed by atoms with van der Waals surface area (Å²) in [6, 6.07) is 32.5. The molecule has 1 aromatic heterocycles. The molecule has 1 atom stereocenters. The van der Waals surface area contributed by atoms with Gasteiger partial charge in [-0.2, -0.15) is 0 Å². The lowest BCUT2D eigenvalue weighted by Crippen LogP contribution is -2.48. The van der Waals surface area contributed by atoms with Crippen LogP contribution in [-0.2, 0) is 6.54 Å². The Kier molecular flexibility index (Phi) is 8.72. The van der Waals surface area contributed by atoms with E-state index < -0.39 is 0 Å². The lowest BCUT2D eigenvalue weighted by molar-refractivity contribution is 0.108. The molecule has 1 unspecified atom stereocenters. The summed E-state index contributed by atoms with van der Waals surface area (Å²) < 4.78 is 2.15. The van der Waals surface area contributed by atoms with Crippen molar-refractivity contribution in [3.63, 3.8) is 0 Å². The summed E-state index contributed by atoms with van der Waals surface area (Å²) in [5.74, 6) is 0.977. The predicted molar refractivity (Wildman–Crippen MR) is 160 cm³/mol. The molecule has 7 nitrogen and oxygen atoms in total. The summed E-state index contributed by atoms with van der Waals surface area (Å²) in [4.78, 5) is 7.65. The van der Waals surface area contributed by atoms with E-state index in [9.17, 15) is 0 Å². The molecule has 0 amide bonds. The first-order valence-electron chi connectivity index (χ1n) is 14.6. The van der Waals surface area contributed by atoms with Gasteiger partial charge in [0.05, 0.1) is 12.1 Å². The van der Waals surface area contributed by atoms with Gasteiger partial charge in [0.2, 0.25) is 0 Å². The Morgan fingerprint density at radius 2 is 1.38 bits per heavy atom. The standard InChI is InChI=1S/C33H39N7/c1-4-11-28(12-5-1)15-10-20-37-23-25-39(26-24-37)32(30-16-8-3-9-17-30)33-34-35-36-40(33)31-18-21-38(22-19-31)27-29-13-6-2-7-14-29/h1-17,31-32H,18-27H2. The van der Waals surface area contributed by atoms with Crippen molar-refractivity contribution >= 4 is 6.08 Å². The van der Waals surface area contributed by atoms with Gasteiger partial charge in [-0.3, -0.25) is 14.7 Å². The van der Waals surface area contributed by atoms with Crippen LogP contribution in [0.3, 0.4) is 0 Å². The topological polar surface area (TPSA) is 53.3 Å². The van der Waals surface area contributed by atoms with Crippen LogP contribution in [0.2, 0.25) is 0 Å². The quantitative estimate of drug-likeness (QED) is 0.304. The zero-order chi connectivity index (χ0) is 27.0. The Morgan fingerprint density at radius 1 is 0.725 bits per heavy atom. The Hall–Kier alpha value is -3.65. The molecule has 0 aliphatic carbocycles. The summed E-state index contributed by atoms with van der Waals surface area (Å²) in [6.07, 6.45) is 6.63. The van der Waals surface area contributed by atoms with E-state index in [1.807, 2.05) is 0 Å². The van der Waals surface area contributed by atoms with Crippen molar-refractivity contribution in [3.8, 4) is 0 Å². The average molecular weight is 534 g/mol. The Morgan fingerprint density at radius 3 is 2.08 bits per heavy atom. The first-order valence-corrected chi connectivity index (χ1v) is 14.6. The van der Waals surface area contributed by atoms with Crippen molar-refractivity contribution in [1.82, 2.24) is 34.9 Å². The Labute approximate surface area is 237 Å². The van der Waals surface area contributed by atoms with Crippen molar-refractivity contribution in [2.75, 3.05) is 45.8 Å². The number of nitrogens with zero attached hydrogens (tertiary/aromatic N) is 7. The lowest BCUT2D eigenvalue weighted by Gasteiger charge is -2.39. The van der Waals surface area contributed by atoms with Crippen LogP contribution in [0.5, 0.6) is 0 Å². The fourth-order valence-corrected chi connectivity index (χ4v) is 6.07. The van der Waals surface area contributed by atoms with Gasteiger partial charge in [0.1, 0.15) is 0 Å². The van der Waals surface area contributed by atoms with Crippen LogP contribution in [0.25, 0.3) is 6.08 Å². The van der Waals surface area contributed by atoms with Gasteiger partial charge in [0.25, 0.3) is 0 Å². The summed E-state index contributed by atoms with van der Waals surface area (Å²) in [5.41, 5.74) is 3.89. The molecule has 2 saturated heterocycles. The minimum absolute atomic E-state index is 0.0561. The molecule has 40 heavy (non-hydrogen) atoms. The van der Waals surface area contributed by atoms with E-state index >= 15 is 0 Å². The summed E-state index contributed by atoms with van der Waals surface area (Å²) in [6.45, 7) is 8.13. The molecular weight excluding hydrogens is 494 g/mol. The Bertz CT molecular complexity index is 1320. The third kappa shape index (κ3) is 6.55. The van der Waals surface area contributed by atoms with Crippen LogP contribution in [0.1, 0.15) is 47.4 Å². The second-order valence-corrected chi connectivity index (χ2v) is 10.9. The average Bonchev–Trinajstić information content (AvgIpc) is 3.49. The first kappa shape index (κ1) is 26.6. The largest absolute Gasteiger partial charge is 0.299 e. The van der Waals surface area contributed by atoms with E-state index in [1.54, 1.807) is 0 Å². The summed E-state index contributed by atoms with van der Waals surface area (Å²) in [7, 11) is 0. The second kappa shape index (κ2) is 13.1. The van der Waals surface area contributed by atoms with E-state index in [0.717, 1.165) is 71.0 Å². The number of likely N-dealkylation sites (tertiary alicyclic amines) is 1. The summed E-state index contributed by atoms with van der Waals surface area (Å²) in [5, 5.41) is 13.4. The molecule has 6 rings (SSSR count). The number of tetrazole rings is 1. The van der Waals surface area contributed by atoms with E-state index in [1.165, 1.54) is 16.7 Å². The van der Waals surface area contributed by atoms with Gasteiger partial charge >= 0.3 is 0 Å². The van der Waals surface area contributed by atoms with E-state index in [4.69, 9.17) is 0 Å². The molecule has 4 aromatic rings. The minimum atomic E-state index is 0.0561. The number of aromatic nitrogens is 4. The maximum Gasteiger partial charge on any atom is 0.173 e. The summed E-state index contributed by atoms with van der Waals surface area (Å²) >= 11 is 0. The van der Waals surface area contributed by atoms with Crippen molar-refractivity contribution in [1.29, 1.82) is 0 Å². The van der Waals surface area contributed by atoms with Gasteiger partial charge < -0.3 is 0 Å². The monoisotopic (exact) mass is 533 g/mol. The zero-order valence-corrected chi connectivity index (χ0v) is 23.2. The highest BCUT2D eigenvalue weighted by atomic mass is 15.6. The molecule has 2 fully saturated rings. The zero-order valence-electron chi connectivity index (χ0n) is 23.2. The molecule has 0 saturated carbocycles. The molecule has 3 aromatic carbocycles. The Balaban J connectivity index is 1.12. The number of hydrogen-bond acceptors (Lipinski definition) is 6. The third-order valence-corrected chi connectivity index (χ3v) is 8.28. The molecule has 2 aliphatic heterocycles. The van der Waals surface area contributed by atoms with Gasteiger partial charge in [-0.1, -0.05) is 103 Å². The highest BCUT2D eigenvalue weighted by Gasteiger charge is 2.33. The van der Waals surface area contributed by atoms with Crippen molar-refractivity contribution in [2.45, 2.75) is 31.5 Å². The van der Waals surface area contributed by atoms with Gasteiger partial charge in [-0.05, 0) is 40.0 Å². The van der Waals surface area contributed by atoms with Gasteiger partial charge in [-0.25, -0.2) is 4.68 Å². The van der Waals surface area contributed by atoms with Gasteiger partial charge in [0.15, 0.2) is 5.82 Å². The highest BCUT2D eigenvalue weighted by molar-refractivity contribution is 5.48. The number of hydrogen-bond donors (Lipinski definition) is 0. The van der Waals surface area contributed by atoms with Crippen LogP contribution >= 0.6 is 0 Å². The maximum absolute atomic E-state index is 4.65. The van der Waals surface area contributed by atoms with Gasteiger partial charge in [0, 0.05) is 52.4 Å².